The monoisotopic (exact) mass is 703 g/mol. The predicted molar refractivity (Wildman–Crippen MR) is 229 cm³/mol. The number of benzene rings is 6. The van der Waals surface area contributed by atoms with Crippen molar-refractivity contribution < 1.29 is 0 Å². The van der Waals surface area contributed by atoms with E-state index in [0.29, 0.717) is 0 Å². The van der Waals surface area contributed by atoms with E-state index in [9.17, 15) is 0 Å². The van der Waals surface area contributed by atoms with Gasteiger partial charge in [-0.05, 0) is 87.2 Å². The van der Waals surface area contributed by atoms with Crippen LogP contribution < -0.4 is 0 Å². The van der Waals surface area contributed by atoms with Gasteiger partial charge in [-0.25, -0.2) is 9.97 Å². The first-order valence-electron chi connectivity index (χ1n) is 18.8. The zero-order valence-electron chi connectivity index (χ0n) is 30.5. The van der Waals surface area contributed by atoms with E-state index in [4.69, 9.17) is 16.5 Å². The van der Waals surface area contributed by atoms with E-state index in [-0.39, 0.29) is 0 Å². The quantitative estimate of drug-likeness (QED) is 0.122. The lowest BCUT2D eigenvalue weighted by atomic mass is 9.67. The minimum atomic E-state index is -0.582. The number of hydrogen-bond donors (Lipinski definition) is 0. The van der Waals surface area contributed by atoms with Crippen molar-refractivity contribution in [1.29, 1.82) is 0 Å². The third-order valence-electron chi connectivity index (χ3n) is 11.2. The average Bonchev–Trinajstić information content (AvgIpc) is 3.81. The van der Waals surface area contributed by atoms with Crippen LogP contribution >= 0.6 is 0 Å². The van der Waals surface area contributed by atoms with Gasteiger partial charge in [0, 0.05) is 34.3 Å². The summed E-state index contributed by atoms with van der Waals surface area (Å²) in [5.41, 5.74) is 14.9. The van der Waals surface area contributed by atoms with Gasteiger partial charge >= 0.3 is 0 Å². The zero-order valence-corrected chi connectivity index (χ0v) is 30.5. The molecule has 0 aliphatic heterocycles. The molecule has 1 aliphatic carbocycles. The molecule has 0 fully saturated rings. The molecule has 3 aromatic heterocycles. The molecule has 1 unspecified atom stereocenters. The van der Waals surface area contributed by atoms with E-state index in [1.54, 1.807) is 0 Å². The van der Waals surface area contributed by atoms with Crippen LogP contribution in [-0.2, 0) is 5.41 Å². The molecule has 3 nitrogen and oxygen atoms in total. The Labute approximate surface area is 320 Å². The highest BCUT2D eigenvalue weighted by Crippen LogP contribution is 2.57. The highest BCUT2D eigenvalue weighted by Gasteiger charge is 2.46. The SMILES string of the molecule is C=C(/C=C\C=C/C)C1(c2ccccc2)c2ccccc2-c2cc3c(cc21)c(-c1ccc(-c2ccc(-c4cn5ccccc5n4)cc2)cc1)nc1ccccc13. The Morgan fingerprint density at radius 3 is 2.05 bits per heavy atom. The number of para-hydroxylation sites is 1. The van der Waals surface area contributed by atoms with Crippen LogP contribution in [0.2, 0.25) is 0 Å². The molecule has 55 heavy (non-hydrogen) atoms. The second kappa shape index (κ2) is 13.1. The van der Waals surface area contributed by atoms with E-state index in [1.807, 2.05) is 31.3 Å². The van der Waals surface area contributed by atoms with Gasteiger partial charge in [0.1, 0.15) is 5.65 Å². The Morgan fingerprint density at radius 2 is 1.27 bits per heavy atom. The fourth-order valence-electron chi connectivity index (χ4n) is 8.61. The summed E-state index contributed by atoms with van der Waals surface area (Å²) < 4.78 is 2.06. The summed E-state index contributed by atoms with van der Waals surface area (Å²) in [4.78, 5) is 10.2. The highest BCUT2D eigenvalue weighted by atomic mass is 15.0. The molecule has 0 bridgehead atoms. The Morgan fingerprint density at radius 1 is 0.582 bits per heavy atom. The van der Waals surface area contributed by atoms with E-state index in [1.165, 1.54) is 33.2 Å². The van der Waals surface area contributed by atoms with Gasteiger partial charge in [-0.1, -0.05) is 158 Å². The van der Waals surface area contributed by atoms with E-state index in [0.717, 1.165) is 61.2 Å². The number of imidazole rings is 1. The first-order chi connectivity index (χ1) is 27.1. The molecule has 3 heterocycles. The van der Waals surface area contributed by atoms with Crippen LogP contribution in [0.5, 0.6) is 0 Å². The fourth-order valence-corrected chi connectivity index (χ4v) is 8.61. The maximum Gasteiger partial charge on any atom is 0.137 e. The van der Waals surface area contributed by atoms with Crippen molar-refractivity contribution in [3.05, 3.63) is 223 Å². The maximum atomic E-state index is 5.39. The Hall–Kier alpha value is -7.10. The number of aromatic nitrogens is 3. The van der Waals surface area contributed by atoms with Crippen molar-refractivity contribution in [2.45, 2.75) is 12.3 Å². The molecule has 10 rings (SSSR count). The van der Waals surface area contributed by atoms with Gasteiger partial charge < -0.3 is 4.40 Å². The van der Waals surface area contributed by atoms with Crippen LogP contribution in [0.25, 0.3) is 72.1 Å². The number of allylic oxidation sites excluding steroid dienone is 5. The largest absolute Gasteiger partial charge is 0.306 e. The third-order valence-corrected chi connectivity index (χ3v) is 11.2. The molecule has 1 atom stereocenters. The molecule has 0 N–H and O–H groups in total. The number of fused-ring (bicyclic) bond motifs is 7. The smallest absolute Gasteiger partial charge is 0.137 e. The normalized spacial score (nSPS) is 15.0. The molecule has 6 aromatic carbocycles. The second-order valence-corrected chi connectivity index (χ2v) is 14.2. The van der Waals surface area contributed by atoms with E-state index < -0.39 is 5.41 Å². The predicted octanol–water partition coefficient (Wildman–Crippen LogP) is 13.0. The third kappa shape index (κ3) is 5.20. The summed E-state index contributed by atoms with van der Waals surface area (Å²) in [6, 6.07) is 56.6. The van der Waals surface area contributed by atoms with Crippen molar-refractivity contribution >= 4 is 27.3 Å². The fraction of sp³-hybridized carbons (Fsp3) is 0.0385. The van der Waals surface area contributed by atoms with E-state index in [2.05, 4.69) is 174 Å². The van der Waals surface area contributed by atoms with Crippen molar-refractivity contribution in [2.75, 3.05) is 0 Å². The van der Waals surface area contributed by atoms with Crippen LogP contribution in [0.1, 0.15) is 23.6 Å². The Balaban J connectivity index is 1.13. The molecular weight excluding hydrogens is 667 g/mol. The van der Waals surface area contributed by atoms with Gasteiger partial charge in [-0.15, -0.1) is 0 Å². The first-order valence-corrected chi connectivity index (χ1v) is 18.8. The van der Waals surface area contributed by atoms with Gasteiger partial charge in [0.05, 0.1) is 22.3 Å². The minimum Gasteiger partial charge on any atom is -0.306 e. The summed E-state index contributed by atoms with van der Waals surface area (Å²) in [5.74, 6) is 0. The summed E-state index contributed by atoms with van der Waals surface area (Å²) >= 11 is 0. The van der Waals surface area contributed by atoms with Crippen molar-refractivity contribution in [1.82, 2.24) is 14.4 Å². The van der Waals surface area contributed by atoms with Gasteiger partial charge in [-0.3, -0.25) is 0 Å². The minimum absolute atomic E-state index is 0.582. The summed E-state index contributed by atoms with van der Waals surface area (Å²) in [5, 5.41) is 3.47. The van der Waals surface area contributed by atoms with Gasteiger partial charge in [0.2, 0.25) is 0 Å². The molecule has 0 saturated heterocycles. The lowest BCUT2D eigenvalue weighted by Gasteiger charge is -2.34. The topological polar surface area (TPSA) is 30.2 Å². The molecule has 260 valence electrons. The van der Waals surface area contributed by atoms with Crippen LogP contribution in [0, 0.1) is 0 Å². The van der Waals surface area contributed by atoms with Gasteiger partial charge in [-0.2, -0.15) is 0 Å². The number of hydrogen-bond acceptors (Lipinski definition) is 2. The van der Waals surface area contributed by atoms with Crippen molar-refractivity contribution in [2.24, 2.45) is 0 Å². The Kier molecular flexibility index (Phi) is 7.74. The molecular formula is C52H37N3. The van der Waals surface area contributed by atoms with Crippen LogP contribution in [-0.4, -0.2) is 14.4 Å². The molecule has 0 amide bonds. The van der Waals surface area contributed by atoms with Gasteiger partial charge in [0.15, 0.2) is 0 Å². The lowest BCUT2D eigenvalue weighted by Crippen LogP contribution is -2.28. The maximum absolute atomic E-state index is 5.39. The van der Waals surface area contributed by atoms with E-state index >= 15 is 0 Å². The summed E-state index contributed by atoms with van der Waals surface area (Å²) in [6.45, 7) is 6.83. The lowest BCUT2D eigenvalue weighted by molar-refractivity contribution is 0.771. The van der Waals surface area contributed by atoms with Crippen molar-refractivity contribution in [3.63, 3.8) is 0 Å². The van der Waals surface area contributed by atoms with Gasteiger partial charge in [0.25, 0.3) is 0 Å². The van der Waals surface area contributed by atoms with Crippen LogP contribution in [0.4, 0.5) is 0 Å². The number of nitrogens with zero attached hydrogens (tertiary/aromatic N) is 3. The number of rotatable bonds is 7. The second-order valence-electron chi connectivity index (χ2n) is 14.2. The number of pyridine rings is 2. The van der Waals surface area contributed by atoms with Crippen molar-refractivity contribution in [3.8, 4) is 44.8 Å². The average molecular weight is 704 g/mol. The molecule has 1 aliphatic rings. The zero-order chi connectivity index (χ0) is 36.9. The first kappa shape index (κ1) is 32.5. The highest BCUT2D eigenvalue weighted by molar-refractivity contribution is 6.13. The molecule has 3 heteroatoms. The van der Waals surface area contributed by atoms with Crippen LogP contribution in [0.3, 0.4) is 0 Å². The summed E-state index contributed by atoms with van der Waals surface area (Å²) in [7, 11) is 0. The summed E-state index contributed by atoms with van der Waals surface area (Å²) in [6.07, 6.45) is 12.5. The molecule has 0 spiro atoms. The molecule has 0 saturated carbocycles. The van der Waals surface area contributed by atoms with Crippen LogP contribution in [0.15, 0.2) is 207 Å². The molecule has 0 radical (unpaired) electrons. The molecule has 9 aromatic rings. The standard InChI is InChI=1S/C52H37N3/c1-3-4-6-15-35(2)52(40-16-7-5-8-17-40)46-20-11-9-18-41(46)44-32-43-42-19-10-12-21-48(42)54-51(45(43)33-47(44)52)39-29-25-37(26-30-39)36-23-27-38(28-24-36)49-34-55-31-14-13-22-50(55)53-49/h3-34H,2H2,1H3/b4-3-,15-6-. The Bertz CT molecular complexity index is 2950.